The van der Waals surface area contributed by atoms with Crippen molar-refractivity contribution in [3.05, 3.63) is 65.2 Å². The number of carbonyl (C=O) groups is 1. The fraction of sp³-hybridized carbons (Fsp3) is 0.500. The molecule has 0 bridgehead atoms. The largest absolute Gasteiger partial charge is 0.297 e. The van der Waals surface area contributed by atoms with Crippen LogP contribution in [-0.4, -0.2) is 20.3 Å². The second kappa shape index (κ2) is 12.8. The van der Waals surface area contributed by atoms with E-state index < -0.39 is 16.2 Å². The second-order valence-electron chi connectivity index (χ2n) is 8.35. The van der Waals surface area contributed by atoms with Gasteiger partial charge in [-0.3, -0.25) is 8.98 Å². The Bertz CT molecular complexity index is 899. The van der Waals surface area contributed by atoms with Gasteiger partial charge in [-0.05, 0) is 32.4 Å². The van der Waals surface area contributed by atoms with E-state index in [0.29, 0.717) is 12.0 Å². The van der Waals surface area contributed by atoms with Crippen LogP contribution in [-0.2, 0) is 14.3 Å². The molecule has 0 saturated carbocycles. The van der Waals surface area contributed by atoms with E-state index in [-0.39, 0.29) is 10.7 Å². The molecule has 0 aromatic heterocycles. The topological polar surface area (TPSA) is 60.4 Å². The summed E-state index contributed by atoms with van der Waals surface area (Å²) in [5, 5.41) is 0. The van der Waals surface area contributed by atoms with Gasteiger partial charge in [0.25, 0.3) is 10.1 Å². The summed E-state index contributed by atoms with van der Waals surface area (Å²) in [6.07, 6.45) is 8.41. The summed E-state index contributed by atoms with van der Waals surface area (Å²) >= 11 is 0. The maximum absolute atomic E-state index is 13.1. The number of rotatable bonds is 14. The maximum atomic E-state index is 13.1. The Morgan fingerprint density at radius 1 is 0.774 bits per heavy atom. The summed E-state index contributed by atoms with van der Waals surface area (Å²) in [6.45, 7) is 6.05. The van der Waals surface area contributed by atoms with Crippen molar-refractivity contribution in [1.29, 1.82) is 0 Å². The van der Waals surface area contributed by atoms with Gasteiger partial charge in [-0.25, -0.2) is 0 Å². The summed E-state index contributed by atoms with van der Waals surface area (Å²) in [6, 6.07) is 13.7. The normalized spacial score (nSPS) is 12.6. The molecule has 0 saturated heterocycles. The van der Waals surface area contributed by atoms with E-state index in [1.54, 1.807) is 24.3 Å². The lowest BCUT2D eigenvalue weighted by Crippen LogP contribution is -2.28. The second-order valence-corrected chi connectivity index (χ2v) is 9.92. The van der Waals surface area contributed by atoms with Gasteiger partial charge in [0.2, 0.25) is 0 Å². The van der Waals surface area contributed by atoms with Crippen molar-refractivity contribution in [1.82, 2.24) is 0 Å². The number of benzene rings is 2. The molecule has 2 rings (SSSR count). The molecular formula is C26H36O4S. The SMILES string of the molecule is CCCCCCCCCCC(OS(=O)(=O)c1ccc(C)cc1)C(=O)c1ccc(C)cc1. The summed E-state index contributed by atoms with van der Waals surface area (Å²) in [5.41, 5.74) is 2.49. The summed E-state index contributed by atoms with van der Waals surface area (Å²) in [4.78, 5) is 13.1. The number of hydrogen-bond donors (Lipinski definition) is 0. The maximum Gasteiger partial charge on any atom is 0.297 e. The highest BCUT2D eigenvalue weighted by Gasteiger charge is 2.28. The van der Waals surface area contributed by atoms with E-state index >= 15 is 0 Å². The Labute approximate surface area is 188 Å². The first-order valence-electron chi connectivity index (χ1n) is 11.4. The van der Waals surface area contributed by atoms with E-state index in [1.165, 1.54) is 44.2 Å². The molecule has 0 aliphatic rings. The number of carbonyl (C=O) groups excluding carboxylic acids is 1. The minimum Gasteiger partial charge on any atom is -0.291 e. The van der Waals surface area contributed by atoms with E-state index in [1.807, 2.05) is 26.0 Å². The molecule has 2 aromatic carbocycles. The zero-order valence-corrected chi connectivity index (χ0v) is 19.9. The molecule has 1 atom stereocenters. The number of hydrogen-bond acceptors (Lipinski definition) is 4. The van der Waals surface area contributed by atoms with Crippen LogP contribution in [0.5, 0.6) is 0 Å². The molecule has 0 amide bonds. The first-order valence-corrected chi connectivity index (χ1v) is 12.8. The molecule has 0 radical (unpaired) electrons. The van der Waals surface area contributed by atoms with Crippen molar-refractivity contribution in [3.63, 3.8) is 0 Å². The number of aryl methyl sites for hydroxylation is 2. The number of ketones is 1. The zero-order chi connectivity index (χ0) is 22.7. The minimum atomic E-state index is -4.02. The molecule has 0 fully saturated rings. The van der Waals surface area contributed by atoms with Gasteiger partial charge in [-0.2, -0.15) is 8.42 Å². The third kappa shape index (κ3) is 8.58. The fourth-order valence-corrected chi connectivity index (χ4v) is 4.57. The molecule has 1 unspecified atom stereocenters. The van der Waals surface area contributed by atoms with Crippen LogP contribution >= 0.6 is 0 Å². The quantitative estimate of drug-likeness (QED) is 0.183. The van der Waals surface area contributed by atoms with Crippen molar-refractivity contribution < 1.29 is 17.4 Å². The van der Waals surface area contributed by atoms with Gasteiger partial charge in [0, 0.05) is 5.56 Å². The lowest BCUT2D eigenvalue weighted by molar-refractivity contribution is 0.0783. The predicted octanol–water partition coefficient (Wildman–Crippen LogP) is 6.79. The van der Waals surface area contributed by atoms with Crippen molar-refractivity contribution in [3.8, 4) is 0 Å². The van der Waals surface area contributed by atoms with Gasteiger partial charge < -0.3 is 0 Å². The third-order valence-corrected chi connectivity index (χ3v) is 6.84. The summed E-state index contributed by atoms with van der Waals surface area (Å²) < 4.78 is 31.1. The Balaban J connectivity index is 2.04. The van der Waals surface area contributed by atoms with Gasteiger partial charge in [-0.15, -0.1) is 0 Å². The van der Waals surface area contributed by atoms with Crippen LogP contribution < -0.4 is 0 Å². The van der Waals surface area contributed by atoms with Crippen molar-refractivity contribution in [2.45, 2.75) is 89.6 Å². The van der Waals surface area contributed by atoms with Crippen LogP contribution in [0.3, 0.4) is 0 Å². The third-order valence-electron chi connectivity index (χ3n) is 5.50. The average Bonchev–Trinajstić information content (AvgIpc) is 2.75. The Morgan fingerprint density at radius 2 is 1.26 bits per heavy atom. The van der Waals surface area contributed by atoms with Gasteiger partial charge in [0.05, 0.1) is 4.90 Å². The van der Waals surface area contributed by atoms with Crippen LogP contribution in [0.2, 0.25) is 0 Å². The van der Waals surface area contributed by atoms with Gasteiger partial charge in [0.1, 0.15) is 6.10 Å². The highest BCUT2D eigenvalue weighted by Crippen LogP contribution is 2.21. The highest BCUT2D eigenvalue weighted by atomic mass is 32.2. The predicted molar refractivity (Wildman–Crippen MR) is 126 cm³/mol. The monoisotopic (exact) mass is 444 g/mol. The van der Waals surface area contributed by atoms with Crippen LogP contribution in [0.25, 0.3) is 0 Å². The van der Waals surface area contributed by atoms with E-state index in [2.05, 4.69) is 6.92 Å². The molecule has 0 spiro atoms. The fourth-order valence-electron chi connectivity index (χ4n) is 3.50. The van der Waals surface area contributed by atoms with Crippen molar-refractivity contribution in [2.75, 3.05) is 0 Å². The standard InChI is InChI=1S/C26H36O4S/c1-4-5-6-7-8-9-10-11-12-25(26(27)23-17-13-21(2)14-18-23)30-31(28,29)24-19-15-22(3)16-20-24/h13-20,25H,4-12H2,1-3H3. The van der Waals surface area contributed by atoms with Gasteiger partial charge in [-0.1, -0.05) is 106 Å². The molecule has 0 aliphatic carbocycles. The highest BCUT2D eigenvalue weighted by molar-refractivity contribution is 7.86. The van der Waals surface area contributed by atoms with Crippen LogP contribution in [0.4, 0.5) is 0 Å². The molecule has 0 heterocycles. The molecule has 0 N–H and O–H groups in total. The summed E-state index contributed by atoms with van der Waals surface area (Å²) in [7, 11) is -4.02. The van der Waals surface area contributed by atoms with E-state index in [9.17, 15) is 13.2 Å². The van der Waals surface area contributed by atoms with Gasteiger partial charge in [0.15, 0.2) is 5.78 Å². The Morgan fingerprint density at radius 3 is 1.81 bits per heavy atom. The Kier molecular flexibility index (Phi) is 10.4. The van der Waals surface area contributed by atoms with Gasteiger partial charge >= 0.3 is 0 Å². The van der Waals surface area contributed by atoms with Crippen LogP contribution in [0.15, 0.2) is 53.4 Å². The summed E-state index contributed by atoms with van der Waals surface area (Å²) in [5.74, 6) is -0.279. The van der Waals surface area contributed by atoms with Crippen molar-refractivity contribution in [2.24, 2.45) is 0 Å². The lowest BCUT2D eigenvalue weighted by Gasteiger charge is -2.17. The van der Waals surface area contributed by atoms with Crippen LogP contribution in [0.1, 0.15) is 86.2 Å². The zero-order valence-electron chi connectivity index (χ0n) is 19.1. The Hall–Kier alpha value is -1.98. The first-order chi connectivity index (χ1) is 14.8. The number of Topliss-reactive ketones (excluding diaryl/α,β-unsaturated/α-hetero) is 1. The average molecular weight is 445 g/mol. The molecule has 2 aromatic rings. The van der Waals surface area contributed by atoms with E-state index in [4.69, 9.17) is 4.18 Å². The molecule has 31 heavy (non-hydrogen) atoms. The molecule has 170 valence electrons. The minimum absolute atomic E-state index is 0.0794. The van der Waals surface area contributed by atoms with Crippen molar-refractivity contribution >= 4 is 15.9 Å². The first kappa shape index (κ1) is 25.3. The number of unbranched alkanes of at least 4 members (excludes halogenated alkanes) is 7. The van der Waals surface area contributed by atoms with Crippen LogP contribution in [0, 0.1) is 13.8 Å². The molecule has 0 aliphatic heterocycles. The molecule has 5 heteroatoms. The molecule has 4 nitrogen and oxygen atoms in total. The molecular weight excluding hydrogens is 408 g/mol. The van der Waals surface area contributed by atoms with E-state index in [0.717, 1.165) is 30.4 Å². The smallest absolute Gasteiger partial charge is 0.291 e. The lowest BCUT2D eigenvalue weighted by atomic mass is 10.00.